The maximum absolute atomic E-state index is 7.91. The van der Waals surface area contributed by atoms with Gasteiger partial charge in [-0.2, -0.15) is 0 Å². The van der Waals surface area contributed by atoms with Gasteiger partial charge in [0.05, 0.1) is 17.0 Å². The summed E-state index contributed by atoms with van der Waals surface area (Å²) in [6.45, 7) is 10.9. The first-order valence-corrected chi connectivity index (χ1v) is 6.72. The van der Waals surface area contributed by atoms with Crippen molar-refractivity contribution in [3.05, 3.63) is 34.4 Å². The van der Waals surface area contributed by atoms with Crippen LogP contribution in [-0.4, -0.2) is 17.0 Å². The summed E-state index contributed by atoms with van der Waals surface area (Å²) in [5.74, 6) is 0. The van der Waals surface area contributed by atoms with Gasteiger partial charge in [-0.15, -0.1) is 0 Å². The molecule has 0 aromatic carbocycles. The smallest absolute Gasteiger partial charge is 0.0796 e. The fraction of sp³-hybridized carbons (Fsp3) is 0.500. The van der Waals surface area contributed by atoms with E-state index in [4.69, 9.17) is 10.4 Å². The third-order valence-electron chi connectivity index (χ3n) is 4.39. The Kier molecular flexibility index (Phi) is 3.14. The molecule has 0 saturated heterocycles. The lowest BCUT2D eigenvalue weighted by atomic mass is 9.77. The zero-order chi connectivity index (χ0) is 13.5. The number of hydrogen-bond acceptors (Lipinski definition) is 2. The highest BCUT2D eigenvalue weighted by Gasteiger charge is 2.33. The molecule has 0 bridgehead atoms. The largest absolute Gasteiger partial charge is 0.301 e. The molecule has 0 amide bonds. The SMILES string of the molecule is CCC1=CC(=N)C=C2C1=NC(C)(CC)C(C)=C2C. The average molecular weight is 242 g/mol. The molecule has 0 saturated carbocycles. The molecule has 2 heteroatoms. The summed E-state index contributed by atoms with van der Waals surface area (Å²) in [6.07, 6.45) is 5.85. The van der Waals surface area contributed by atoms with Crippen LogP contribution in [0.5, 0.6) is 0 Å². The van der Waals surface area contributed by atoms with E-state index in [0.29, 0.717) is 5.71 Å². The Labute approximate surface area is 110 Å². The molecule has 1 N–H and O–H groups in total. The van der Waals surface area contributed by atoms with Crippen molar-refractivity contribution in [2.75, 3.05) is 0 Å². The van der Waals surface area contributed by atoms with Gasteiger partial charge in [0.25, 0.3) is 0 Å². The number of dihydropyridines is 1. The van der Waals surface area contributed by atoms with Crippen molar-refractivity contribution in [2.45, 2.75) is 53.0 Å². The number of hydrogen-bond donors (Lipinski definition) is 1. The van der Waals surface area contributed by atoms with Crippen molar-refractivity contribution in [1.29, 1.82) is 5.41 Å². The molecule has 0 fully saturated rings. The molecule has 2 aliphatic rings. The van der Waals surface area contributed by atoms with Crippen LogP contribution in [0.15, 0.2) is 39.4 Å². The van der Waals surface area contributed by atoms with Crippen LogP contribution in [0.4, 0.5) is 0 Å². The van der Waals surface area contributed by atoms with Gasteiger partial charge in [0.1, 0.15) is 0 Å². The van der Waals surface area contributed by atoms with Crippen LogP contribution >= 0.6 is 0 Å². The number of allylic oxidation sites excluding steroid dienone is 5. The third-order valence-corrected chi connectivity index (χ3v) is 4.39. The quantitative estimate of drug-likeness (QED) is 0.703. The number of rotatable bonds is 2. The van der Waals surface area contributed by atoms with Crippen molar-refractivity contribution in [3.8, 4) is 0 Å². The summed E-state index contributed by atoms with van der Waals surface area (Å²) in [5, 5.41) is 7.91. The minimum Gasteiger partial charge on any atom is -0.301 e. The number of aliphatic imine (C=N–C) groups is 1. The van der Waals surface area contributed by atoms with E-state index in [1.807, 2.05) is 12.2 Å². The molecule has 1 heterocycles. The van der Waals surface area contributed by atoms with Crippen LogP contribution in [0.25, 0.3) is 0 Å². The van der Waals surface area contributed by atoms with E-state index in [1.54, 1.807) is 0 Å². The van der Waals surface area contributed by atoms with Crippen LogP contribution in [0.2, 0.25) is 0 Å². The standard InChI is InChI=1S/C16H22N2/c1-6-12-8-13(17)9-14-10(3)11(4)16(5,7-2)18-15(12)14/h8-9,17H,6-7H2,1-5H3. The van der Waals surface area contributed by atoms with E-state index in [0.717, 1.165) is 24.1 Å². The second-order valence-corrected chi connectivity index (χ2v) is 5.37. The fourth-order valence-corrected chi connectivity index (χ4v) is 2.66. The molecule has 0 spiro atoms. The Morgan fingerprint density at radius 3 is 2.44 bits per heavy atom. The van der Waals surface area contributed by atoms with Crippen molar-refractivity contribution in [3.63, 3.8) is 0 Å². The van der Waals surface area contributed by atoms with Gasteiger partial charge in [0, 0.05) is 5.57 Å². The molecule has 0 aromatic heterocycles. The lowest BCUT2D eigenvalue weighted by Crippen LogP contribution is -2.32. The average Bonchev–Trinajstić information content (AvgIpc) is 2.36. The van der Waals surface area contributed by atoms with Crippen molar-refractivity contribution >= 4 is 11.4 Å². The molecule has 1 aliphatic carbocycles. The molecule has 0 aromatic rings. The van der Waals surface area contributed by atoms with Gasteiger partial charge in [0.15, 0.2) is 0 Å². The highest BCUT2D eigenvalue weighted by Crippen LogP contribution is 2.38. The maximum atomic E-state index is 7.91. The topological polar surface area (TPSA) is 36.2 Å². The Bertz CT molecular complexity index is 529. The van der Waals surface area contributed by atoms with Gasteiger partial charge in [-0.3, -0.25) is 4.99 Å². The van der Waals surface area contributed by atoms with E-state index in [2.05, 4.69) is 34.6 Å². The van der Waals surface area contributed by atoms with Gasteiger partial charge >= 0.3 is 0 Å². The van der Waals surface area contributed by atoms with Crippen LogP contribution < -0.4 is 0 Å². The van der Waals surface area contributed by atoms with E-state index in [9.17, 15) is 0 Å². The molecule has 2 nitrogen and oxygen atoms in total. The molecule has 0 radical (unpaired) electrons. The van der Waals surface area contributed by atoms with E-state index in [-0.39, 0.29) is 5.54 Å². The van der Waals surface area contributed by atoms with Crippen molar-refractivity contribution in [1.82, 2.24) is 0 Å². The summed E-state index contributed by atoms with van der Waals surface area (Å²) in [4.78, 5) is 5.00. The van der Waals surface area contributed by atoms with Crippen LogP contribution in [0.3, 0.4) is 0 Å². The summed E-state index contributed by atoms with van der Waals surface area (Å²) in [7, 11) is 0. The first kappa shape index (κ1) is 13.0. The van der Waals surface area contributed by atoms with Crippen LogP contribution in [0.1, 0.15) is 47.5 Å². The lowest BCUT2D eigenvalue weighted by Gasteiger charge is -2.35. The summed E-state index contributed by atoms with van der Waals surface area (Å²) in [5.41, 5.74) is 6.61. The Balaban J connectivity index is 2.63. The van der Waals surface area contributed by atoms with Crippen molar-refractivity contribution < 1.29 is 0 Å². The van der Waals surface area contributed by atoms with Gasteiger partial charge in [-0.1, -0.05) is 13.8 Å². The Morgan fingerprint density at radius 2 is 1.89 bits per heavy atom. The van der Waals surface area contributed by atoms with E-state index < -0.39 is 0 Å². The van der Waals surface area contributed by atoms with Crippen LogP contribution in [0, 0.1) is 5.41 Å². The number of nitrogens with one attached hydrogen (secondary N) is 1. The van der Waals surface area contributed by atoms with Crippen LogP contribution in [-0.2, 0) is 0 Å². The minimum absolute atomic E-state index is 0.0788. The Hall–Kier alpha value is -1.44. The first-order valence-electron chi connectivity index (χ1n) is 6.72. The molecule has 1 atom stereocenters. The predicted molar refractivity (Wildman–Crippen MR) is 78.7 cm³/mol. The highest BCUT2D eigenvalue weighted by atomic mass is 14.9. The molecule has 2 rings (SSSR count). The van der Waals surface area contributed by atoms with Gasteiger partial charge < -0.3 is 5.41 Å². The lowest BCUT2D eigenvalue weighted by molar-refractivity contribution is 0.525. The minimum atomic E-state index is -0.0788. The molecule has 18 heavy (non-hydrogen) atoms. The molecule has 96 valence electrons. The maximum Gasteiger partial charge on any atom is 0.0796 e. The van der Waals surface area contributed by atoms with E-state index >= 15 is 0 Å². The normalized spacial score (nSPS) is 27.6. The highest BCUT2D eigenvalue weighted by molar-refractivity contribution is 6.25. The third kappa shape index (κ3) is 1.80. The number of fused-ring (bicyclic) bond motifs is 1. The predicted octanol–water partition coefficient (Wildman–Crippen LogP) is 4.24. The first-order chi connectivity index (χ1) is 8.42. The number of nitrogens with zero attached hydrogens (tertiary/aromatic N) is 1. The second-order valence-electron chi connectivity index (χ2n) is 5.37. The fourth-order valence-electron chi connectivity index (χ4n) is 2.66. The van der Waals surface area contributed by atoms with Gasteiger partial charge in [-0.25, -0.2) is 0 Å². The monoisotopic (exact) mass is 242 g/mol. The Morgan fingerprint density at radius 1 is 1.22 bits per heavy atom. The van der Waals surface area contributed by atoms with E-state index in [1.165, 1.54) is 16.7 Å². The molecular weight excluding hydrogens is 220 g/mol. The molecule has 1 aliphatic heterocycles. The summed E-state index contributed by atoms with van der Waals surface area (Å²) in [6, 6.07) is 0. The summed E-state index contributed by atoms with van der Waals surface area (Å²) >= 11 is 0. The zero-order valence-corrected chi connectivity index (χ0v) is 12.0. The van der Waals surface area contributed by atoms with Gasteiger partial charge in [-0.05, 0) is 62.5 Å². The second kappa shape index (κ2) is 4.34. The zero-order valence-electron chi connectivity index (χ0n) is 12.0. The van der Waals surface area contributed by atoms with Gasteiger partial charge in [0.2, 0.25) is 0 Å². The summed E-state index contributed by atoms with van der Waals surface area (Å²) < 4.78 is 0. The molecular formula is C16H22N2. The molecule has 1 unspecified atom stereocenters. The van der Waals surface area contributed by atoms with Crippen molar-refractivity contribution in [2.24, 2.45) is 4.99 Å².